The first-order valence-corrected chi connectivity index (χ1v) is 10.3. The van der Waals surface area contributed by atoms with Gasteiger partial charge in [-0.25, -0.2) is 9.97 Å². The van der Waals surface area contributed by atoms with E-state index in [1.54, 1.807) is 0 Å². The third-order valence-corrected chi connectivity index (χ3v) is 5.78. The smallest absolute Gasteiger partial charge is 0.226 e. The Labute approximate surface area is 166 Å². The molecule has 28 heavy (non-hydrogen) atoms. The fourth-order valence-corrected chi connectivity index (χ4v) is 4.23. The molecule has 0 bridgehead atoms. The highest BCUT2D eigenvalue weighted by Gasteiger charge is 2.24. The topological polar surface area (TPSA) is 41.5 Å². The molecule has 1 atom stereocenters. The molecule has 2 saturated heterocycles. The van der Waals surface area contributed by atoms with Crippen LogP contribution in [0.15, 0.2) is 54.6 Å². The van der Waals surface area contributed by atoms with E-state index in [-0.39, 0.29) is 0 Å². The Kier molecular flexibility index (Phi) is 4.93. The van der Waals surface area contributed by atoms with Crippen molar-refractivity contribution in [3.05, 3.63) is 54.6 Å². The van der Waals surface area contributed by atoms with Crippen LogP contribution < -0.4 is 4.90 Å². The maximum Gasteiger partial charge on any atom is 0.226 e. The summed E-state index contributed by atoms with van der Waals surface area (Å²) in [4.78, 5) is 14.7. The molecule has 3 heterocycles. The van der Waals surface area contributed by atoms with Gasteiger partial charge in [-0.1, -0.05) is 48.5 Å². The van der Waals surface area contributed by atoms with E-state index >= 15 is 0 Å². The van der Waals surface area contributed by atoms with Gasteiger partial charge in [0, 0.05) is 50.3 Å². The number of anilines is 1. The van der Waals surface area contributed by atoms with Crippen LogP contribution in [0, 0.1) is 0 Å². The third kappa shape index (κ3) is 3.60. The Morgan fingerprint density at radius 1 is 0.893 bits per heavy atom. The molecule has 0 radical (unpaired) electrons. The predicted octanol–water partition coefficient (Wildman–Crippen LogP) is 3.60. The Hall–Kier alpha value is -2.50. The first-order valence-electron chi connectivity index (χ1n) is 10.3. The van der Waals surface area contributed by atoms with Crippen LogP contribution in [0.5, 0.6) is 0 Å². The Morgan fingerprint density at radius 3 is 2.46 bits per heavy atom. The number of para-hydroxylation sites is 1. The van der Waals surface area contributed by atoms with Gasteiger partial charge >= 0.3 is 0 Å². The molecule has 3 aromatic rings. The van der Waals surface area contributed by atoms with Crippen LogP contribution in [0.2, 0.25) is 0 Å². The molecule has 0 saturated carbocycles. The van der Waals surface area contributed by atoms with Crippen molar-refractivity contribution in [1.82, 2.24) is 14.9 Å². The number of ether oxygens (including phenoxy) is 1. The Morgan fingerprint density at radius 2 is 1.68 bits per heavy atom. The van der Waals surface area contributed by atoms with Crippen LogP contribution in [0.3, 0.4) is 0 Å². The summed E-state index contributed by atoms with van der Waals surface area (Å²) < 4.78 is 5.80. The summed E-state index contributed by atoms with van der Waals surface area (Å²) in [6, 6.07) is 18.7. The van der Waals surface area contributed by atoms with E-state index in [2.05, 4.69) is 52.3 Å². The van der Waals surface area contributed by atoms with Gasteiger partial charge in [-0.2, -0.15) is 0 Å². The molecule has 0 unspecified atom stereocenters. The second-order valence-corrected chi connectivity index (χ2v) is 7.68. The minimum Gasteiger partial charge on any atom is -0.377 e. The van der Waals surface area contributed by atoms with E-state index < -0.39 is 0 Å². The normalized spacial score (nSPS) is 20.7. The number of piperazine rings is 1. The maximum absolute atomic E-state index is 5.80. The van der Waals surface area contributed by atoms with Gasteiger partial charge in [-0.05, 0) is 18.9 Å². The van der Waals surface area contributed by atoms with Gasteiger partial charge in [-0.3, -0.25) is 4.90 Å². The van der Waals surface area contributed by atoms with Crippen molar-refractivity contribution in [3.63, 3.8) is 0 Å². The molecule has 2 aliphatic rings. The predicted molar refractivity (Wildman–Crippen MR) is 113 cm³/mol. The van der Waals surface area contributed by atoms with Gasteiger partial charge in [0.1, 0.15) is 0 Å². The summed E-state index contributed by atoms with van der Waals surface area (Å²) in [5.74, 6) is 0.842. The largest absolute Gasteiger partial charge is 0.377 e. The van der Waals surface area contributed by atoms with Gasteiger partial charge in [0.25, 0.3) is 0 Å². The summed E-state index contributed by atoms with van der Waals surface area (Å²) in [6.45, 7) is 5.98. The number of nitrogens with zero attached hydrogens (tertiary/aromatic N) is 4. The van der Waals surface area contributed by atoms with E-state index in [9.17, 15) is 0 Å². The van der Waals surface area contributed by atoms with Gasteiger partial charge in [0.2, 0.25) is 5.95 Å². The van der Waals surface area contributed by atoms with E-state index in [0.717, 1.165) is 67.4 Å². The summed E-state index contributed by atoms with van der Waals surface area (Å²) in [6.07, 6.45) is 2.83. The molecule has 2 aliphatic heterocycles. The highest BCUT2D eigenvalue weighted by molar-refractivity contribution is 5.93. The lowest BCUT2D eigenvalue weighted by atomic mass is 10.1. The fourth-order valence-electron chi connectivity index (χ4n) is 4.23. The van der Waals surface area contributed by atoms with Gasteiger partial charge in [0.15, 0.2) is 0 Å². The average Bonchev–Trinajstić information content (AvgIpc) is 3.27. The zero-order valence-electron chi connectivity index (χ0n) is 16.1. The molecule has 1 aromatic heterocycles. The molecular formula is C23H26N4O. The highest BCUT2D eigenvalue weighted by Crippen LogP contribution is 2.28. The van der Waals surface area contributed by atoms with Crippen LogP contribution in [-0.2, 0) is 4.74 Å². The van der Waals surface area contributed by atoms with Crippen LogP contribution in [0.25, 0.3) is 22.2 Å². The molecular weight excluding hydrogens is 348 g/mol. The summed E-state index contributed by atoms with van der Waals surface area (Å²) in [5, 5.41) is 1.11. The number of hydrogen-bond donors (Lipinski definition) is 0. The molecule has 0 N–H and O–H groups in total. The Bertz CT molecular complexity index is 932. The molecule has 0 aliphatic carbocycles. The standard InChI is InChI=1S/C23H26N4O/c1-2-7-18(8-3-1)22-20-10-4-5-11-21(20)24-23(25-22)27-14-12-26(13-15-27)17-19-9-6-16-28-19/h1-5,7-8,10-11,19H,6,9,12-17H2/t19-/m0/s1. The maximum atomic E-state index is 5.80. The van der Waals surface area contributed by atoms with Crippen LogP contribution >= 0.6 is 0 Å². The molecule has 5 nitrogen and oxygen atoms in total. The molecule has 144 valence electrons. The van der Waals surface area contributed by atoms with Gasteiger partial charge in [-0.15, -0.1) is 0 Å². The molecule has 5 heteroatoms. The summed E-state index contributed by atoms with van der Waals surface area (Å²) in [7, 11) is 0. The van der Waals surface area contributed by atoms with Crippen molar-refractivity contribution in [2.75, 3.05) is 44.2 Å². The highest BCUT2D eigenvalue weighted by atomic mass is 16.5. The number of aromatic nitrogens is 2. The van der Waals surface area contributed by atoms with E-state index in [1.807, 2.05) is 12.1 Å². The zero-order valence-corrected chi connectivity index (χ0v) is 16.1. The summed E-state index contributed by atoms with van der Waals surface area (Å²) in [5.41, 5.74) is 3.16. The lowest BCUT2D eigenvalue weighted by Gasteiger charge is -2.35. The lowest BCUT2D eigenvalue weighted by Crippen LogP contribution is -2.49. The van der Waals surface area contributed by atoms with E-state index in [1.165, 1.54) is 12.8 Å². The van der Waals surface area contributed by atoms with Crippen molar-refractivity contribution in [2.45, 2.75) is 18.9 Å². The molecule has 2 aromatic carbocycles. The molecule has 0 amide bonds. The SMILES string of the molecule is c1ccc(-c2nc(N3CCN(C[C@@H]4CCCO4)CC3)nc3ccccc23)cc1. The number of benzene rings is 2. The molecule has 0 spiro atoms. The first-order chi connectivity index (χ1) is 13.9. The van der Waals surface area contributed by atoms with Crippen molar-refractivity contribution in [1.29, 1.82) is 0 Å². The monoisotopic (exact) mass is 374 g/mol. The minimum atomic E-state index is 0.424. The number of hydrogen-bond acceptors (Lipinski definition) is 5. The van der Waals surface area contributed by atoms with E-state index in [0.29, 0.717) is 6.10 Å². The average molecular weight is 374 g/mol. The van der Waals surface area contributed by atoms with Crippen molar-refractivity contribution in [3.8, 4) is 11.3 Å². The van der Waals surface area contributed by atoms with Crippen molar-refractivity contribution in [2.24, 2.45) is 0 Å². The van der Waals surface area contributed by atoms with Crippen LogP contribution in [-0.4, -0.2) is 60.3 Å². The van der Waals surface area contributed by atoms with Crippen LogP contribution in [0.1, 0.15) is 12.8 Å². The first kappa shape index (κ1) is 17.6. The zero-order chi connectivity index (χ0) is 18.8. The van der Waals surface area contributed by atoms with Crippen molar-refractivity contribution < 1.29 is 4.74 Å². The Balaban J connectivity index is 1.39. The second-order valence-electron chi connectivity index (χ2n) is 7.68. The quantitative estimate of drug-likeness (QED) is 0.698. The third-order valence-electron chi connectivity index (χ3n) is 5.78. The minimum absolute atomic E-state index is 0.424. The number of fused-ring (bicyclic) bond motifs is 1. The van der Waals surface area contributed by atoms with E-state index in [4.69, 9.17) is 14.7 Å². The van der Waals surface area contributed by atoms with Crippen molar-refractivity contribution >= 4 is 16.9 Å². The number of rotatable bonds is 4. The van der Waals surface area contributed by atoms with Gasteiger partial charge < -0.3 is 9.64 Å². The lowest BCUT2D eigenvalue weighted by molar-refractivity contribution is 0.0712. The van der Waals surface area contributed by atoms with Gasteiger partial charge in [0.05, 0.1) is 17.3 Å². The molecule has 5 rings (SSSR count). The second kappa shape index (κ2) is 7.86. The molecule has 2 fully saturated rings. The summed E-state index contributed by atoms with van der Waals surface area (Å²) >= 11 is 0. The fraction of sp³-hybridized carbons (Fsp3) is 0.391. The van der Waals surface area contributed by atoms with Crippen LogP contribution in [0.4, 0.5) is 5.95 Å².